The number of rotatable bonds is 12. The fraction of sp³-hybridized carbons (Fsp3) is 0.351. The highest BCUT2D eigenvalue weighted by Gasteiger charge is 2.38. The zero-order valence-corrected chi connectivity index (χ0v) is 28.4. The number of H-pyrrole nitrogens is 1. The molecule has 1 fully saturated rings. The number of amides is 1. The van der Waals surface area contributed by atoms with Crippen molar-refractivity contribution < 1.29 is 37.3 Å². The molecular weight excluding hydrogens is 665 g/mol. The van der Waals surface area contributed by atoms with E-state index in [4.69, 9.17) is 29.6 Å². The van der Waals surface area contributed by atoms with Gasteiger partial charge in [0.05, 0.1) is 32.8 Å². The summed E-state index contributed by atoms with van der Waals surface area (Å²) in [5.74, 6) is 0.269. The highest BCUT2D eigenvalue weighted by molar-refractivity contribution is 5.84. The van der Waals surface area contributed by atoms with Gasteiger partial charge in [-0.15, -0.1) is 10.2 Å². The van der Waals surface area contributed by atoms with Crippen molar-refractivity contribution in [1.29, 1.82) is 0 Å². The van der Waals surface area contributed by atoms with Crippen LogP contribution in [0.1, 0.15) is 53.6 Å². The molecule has 2 atom stereocenters. The van der Waals surface area contributed by atoms with Gasteiger partial charge in [-0.05, 0) is 55.1 Å². The monoisotopic (exact) mass is 706 g/mol. The number of nitrogens with one attached hydrogen (secondary N) is 3. The number of alkyl halides is 3. The maximum absolute atomic E-state index is 13.7. The molecule has 0 aliphatic carbocycles. The standard InChI is InChI=1S/C35H40N6O3.C2HF3O2/c1-43-27-17-16-25(32(21-27)44-2)23-41-33(18-15-24-10-4-3-5-11-24)39-40-34(41)31(38-35(42)30-14-8-9-19-36-30)20-26-22-37-29-13-7-6-12-28(26)29;3-2(4,5)1(6)7/h3-7,10-13,16-17,21-22,30-31,36-37H,8-9,14-15,18-20,23H2,1-2H3,(H,38,42);(H,6,7)/t30-,31+;/m0./s1. The summed E-state index contributed by atoms with van der Waals surface area (Å²) in [6, 6.07) is 23.9. The van der Waals surface area contributed by atoms with E-state index >= 15 is 0 Å². The van der Waals surface area contributed by atoms with Crippen LogP contribution in [-0.4, -0.2) is 69.7 Å². The average Bonchev–Trinajstić information content (AvgIpc) is 3.74. The number of hydrogen-bond acceptors (Lipinski definition) is 7. The van der Waals surface area contributed by atoms with Crippen LogP contribution in [0.2, 0.25) is 0 Å². The number of aliphatic carboxylic acids is 1. The van der Waals surface area contributed by atoms with Gasteiger partial charge in [-0.25, -0.2) is 4.79 Å². The highest BCUT2D eigenvalue weighted by Crippen LogP contribution is 2.29. The predicted molar refractivity (Wildman–Crippen MR) is 185 cm³/mol. The fourth-order valence-electron chi connectivity index (χ4n) is 6.09. The van der Waals surface area contributed by atoms with Gasteiger partial charge in [0.25, 0.3) is 0 Å². The number of carboxylic acids is 1. The molecule has 2 aromatic heterocycles. The lowest BCUT2D eigenvalue weighted by Crippen LogP contribution is -2.48. The number of carbonyl (C=O) groups is 2. The van der Waals surface area contributed by atoms with Crippen molar-refractivity contribution >= 4 is 22.8 Å². The number of aromatic nitrogens is 4. The van der Waals surface area contributed by atoms with Crippen LogP contribution in [0.5, 0.6) is 11.5 Å². The van der Waals surface area contributed by atoms with Crippen LogP contribution in [0.15, 0.2) is 79.0 Å². The SMILES string of the molecule is COc1ccc(Cn2c(CCc3ccccc3)nnc2[C@@H](Cc2c[nH]c3ccccc23)NC(=O)[C@@H]2CCCCN2)c(OC)c1.O=C(O)C(F)(F)F. The van der Waals surface area contributed by atoms with E-state index in [9.17, 15) is 18.0 Å². The summed E-state index contributed by atoms with van der Waals surface area (Å²) in [7, 11) is 3.31. The molecule has 0 spiro atoms. The largest absolute Gasteiger partial charge is 0.497 e. The molecule has 1 aliphatic rings. The van der Waals surface area contributed by atoms with E-state index in [1.54, 1.807) is 14.2 Å². The van der Waals surface area contributed by atoms with Gasteiger partial charge >= 0.3 is 12.1 Å². The van der Waals surface area contributed by atoms with E-state index in [0.29, 0.717) is 19.4 Å². The minimum Gasteiger partial charge on any atom is -0.497 e. The molecule has 0 unspecified atom stereocenters. The lowest BCUT2D eigenvalue weighted by atomic mass is 10.0. The third kappa shape index (κ3) is 9.66. The third-order valence-electron chi connectivity index (χ3n) is 8.76. The van der Waals surface area contributed by atoms with Gasteiger partial charge in [-0.2, -0.15) is 13.2 Å². The summed E-state index contributed by atoms with van der Waals surface area (Å²) >= 11 is 0. The third-order valence-corrected chi connectivity index (χ3v) is 8.76. The van der Waals surface area contributed by atoms with Crippen molar-refractivity contribution in [3.63, 3.8) is 0 Å². The normalized spacial score (nSPS) is 15.0. The van der Waals surface area contributed by atoms with E-state index in [0.717, 1.165) is 77.4 Å². The summed E-state index contributed by atoms with van der Waals surface area (Å²) in [6.07, 6.45) is 1.99. The molecule has 0 saturated carbocycles. The maximum atomic E-state index is 13.7. The van der Waals surface area contributed by atoms with Gasteiger partial charge in [0, 0.05) is 41.6 Å². The Hall–Kier alpha value is -5.37. The van der Waals surface area contributed by atoms with Crippen molar-refractivity contribution in [2.45, 2.75) is 63.3 Å². The fourth-order valence-corrected chi connectivity index (χ4v) is 6.09. The van der Waals surface area contributed by atoms with Gasteiger partial charge in [0.2, 0.25) is 5.91 Å². The molecule has 5 aromatic rings. The van der Waals surface area contributed by atoms with Crippen LogP contribution in [0.3, 0.4) is 0 Å². The number of ether oxygens (including phenoxy) is 2. The number of carboxylic acid groups (broad SMARTS) is 1. The number of carbonyl (C=O) groups excluding carboxylic acids is 1. The number of aryl methyl sites for hydroxylation is 2. The highest BCUT2D eigenvalue weighted by atomic mass is 19.4. The number of para-hydroxylation sites is 1. The first-order valence-electron chi connectivity index (χ1n) is 16.6. The Bertz CT molecular complexity index is 1900. The summed E-state index contributed by atoms with van der Waals surface area (Å²) in [5, 5.41) is 24.5. The lowest BCUT2D eigenvalue weighted by Gasteiger charge is -2.26. The Morgan fingerprint density at radius 2 is 1.73 bits per heavy atom. The summed E-state index contributed by atoms with van der Waals surface area (Å²) in [6.45, 7) is 1.34. The average molecular weight is 707 g/mol. The van der Waals surface area contributed by atoms with E-state index in [1.165, 1.54) is 5.56 Å². The number of hydrogen-bond donors (Lipinski definition) is 4. The minimum absolute atomic E-state index is 0.00282. The molecule has 270 valence electrons. The van der Waals surface area contributed by atoms with Crippen LogP contribution < -0.4 is 20.1 Å². The van der Waals surface area contributed by atoms with Crippen molar-refractivity contribution in [2.75, 3.05) is 20.8 Å². The van der Waals surface area contributed by atoms with Crippen molar-refractivity contribution in [3.05, 3.63) is 107 Å². The molecule has 0 radical (unpaired) electrons. The Morgan fingerprint density at radius 1 is 0.980 bits per heavy atom. The number of piperidine rings is 1. The molecule has 14 heteroatoms. The first-order valence-corrected chi connectivity index (χ1v) is 16.6. The van der Waals surface area contributed by atoms with E-state index in [-0.39, 0.29) is 11.9 Å². The number of benzene rings is 3. The Kier molecular flexibility index (Phi) is 12.3. The van der Waals surface area contributed by atoms with Crippen molar-refractivity contribution in [3.8, 4) is 11.5 Å². The number of fused-ring (bicyclic) bond motifs is 1. The Labute approximate surface area is 293 Å². The smallest absolute Gasteiger partial charge is 0.490 e. The van der Waals surface area contributed by atoms with E-state index in [2.05, 4.69) is 56.6 Å². The van der Waals surface area contributed by atoms with Gasteiger partial charge in [0.15, 0.2) is 5.82 Å². The molecule has 11 nitrogen and oxygen atoms in total. The van der Waals surface area contributed by atoms with Crippen molar-refractivity contribution in [1.82, 2.24) is 30.4 Å². The second-order valence-electron chi connectivity index (χ2n) is 12.2. The topological polar surface area (TPSA) is 143 Å². The zero-order chi connectivity index (χ0) is 36.4. The molecule has 3 aromatic carbocycles. The molecule has 0 bridgehead atoms. The lowest BCUT2D eigenvalue weighted by molar-refractivity contribution is -0.192. The maximum Gasteiger partial charge on any atom is 0.490 e. The predicted octanol–water partition coefficient (Wildman–Crippen LogP) is 5.79. The van der Waals surface area contributed by atoms with E-state index in [1.807, 2.05) is 42.6 Å². The second-order valence-corrected chi connectivity index (χ2v) is 12.2. The van der Waals surface area contributed by atoms with Gasteiger partial charge in [-0.3, -0.25) is 4.79 Å². The molecule has 4 N–H and O–H groups in total. The number of methoxy groups -OCH3 is 2. The first-order chi connectivity index (χ1) is 24.6. The molecule has 1 amide bonds. The molecular formula is C37H41F3N6O5. The zero-order valence-electron chi connectivity index (χ0n) is 28.4. The van der Waals surface area contributed by atoms with Gasteiger partial charge in [0.1, 0.15) is 17.3 Å². The number of nitrogens with zero attached hydrogens (tertiary/aromatic N) is 3. The summed E-state index contributed by atoms with van der Waals surface area (Å²) in [5.41, 5.74) is 4.39. The Balaban J connectivity index is 0.000000654. The van der Waals surface area contributed by atoms with Crippen molar-refractivity contribution in [2.24, 2.45) is 0 Å². The second kappa shape index (κ2) is 17.0. The van der Waals surface area contributed by atoms with Crippen LogP contribution in [0, 0.1) is 0 Å². The minimum atomic E-state index is -5.08. The molecule has 3 heterocycles. The molecule has 6 rings (SSSR count). The number of halogens is 3. The van der Waals surface area contributed by atoms with Crippen LogP contribution in [0.4, 0.5) is 13.2 Å². The Morgan fingerprint density at radius 3 is 2.41 bits per heavy atom. The van der Waals surface area contributed by atoms with Crippen LogP contribution in [-0.2, 0) is 35.4 Å². The van der Waals surface area contributed by atoms with E-state index < -0.39 is 18.2 Å². The number of aromatic amines is 1. The quantitative estimate of drug-likeness (QED) is 0.128. The van der Waals surface area contributed by atoms with Gasteiger partial charge < -0.3 is 34.8 Å². The molecule has 51 heavy (non-hydrogen) atoms. The molecule has 1 saturated heterocycles. The molecule has 1 aliphatic heterocycles. The van der Waals surface area contributed by atoms with Gasteiger partial charge in [-0.1, -0.05) is 55.0 Å². The summed E-state index contributed by atoms with van der Waals surface area (Å²) < 4.78 is 45.1. The first kappa shape index (κ1) is 36.9. The summed E-state index contributed by atoms with van der Waals surface area (Å²) in [4.78, 5) is 25.9. The van der Waals surface area contributed by atoms with Crippen LogP contribution in [0.25, 0.3) is 10.9 Å². The van der Waals surface area contributed by atoms with Crippen LogP contribution >= 0.6 is 0 Å².